The number of carboxylic acids is 1. The van der Waals surface area contributed by atoms with Crippen molar-refractivity contribution in [3.05, 3.63) is 41.6 Å². The first-order valence-corrected chi connectivity index (χ1v) is 9.52. The van der Waals surface area contributed by atoms with E-state index in [0.717, 1.165) is 31.5 Å². The van der Waals surface area contributed by atoms with Crippen LogP contribution in [0.4, 0.5) is 0 Å². The van der Waals surface area contributed by atoms with E-state index in [2.05, 4.69) is 15.0 Å². The van der Waals surface area contributed by atoms with Crippen LogP contribution in [0.5, 0.6) is 0 Å². The summed E-state index contributed by atoms with van der Waals surface area (Å²) in [4.78, 5) is 39.3. The highest BCUT2D eigenvalue weighted by atomic mass is 16.4. The molecule has 3 rings (SSSR count). The molecule has 28 heavy (non-hydrogen) atoms. The summed E-state index contributed by atoms with van der Waals surface area (Å²) in [6.45, 7) is 8.32. The standard InChI is InChI=1S/C21H26N4O3/c1-13-23-16(14-9-15(19(26)27)12-22-11-14)10-17(24-13)18-7-5-6-8-25(18)20(28)21(2,3)4/h9-12,18H,5-8H2,1-4H3,(H,26,27)/t18-/m0/s1. The SMILES string of the molecule is Cc1nc(-c2cncc(C(=O)O)c2)cc([C@@H]2CCCCN2C(=O)C(C)(C)C)n1. The molecular formula is C21H26N4O3. The van der Waals surface area contributed by atoms with Gasteiger partial charge in [0.25, 0.3) is 0 Å². The van der Waals surface area contributed by atoms with Crippen LogP contribution in [0, 0.1) is 12.3 Å². The van der Waals surface area contributed by atoms with Crippen LogP contribution in [-0.2, 0) is 4.79 Å². The number of carboxylic acid groups (broad SMARTS) is 1. The van der Waals surface area contributed by atoms with Gasteiger partial charge in [-0.1, -0.05) is 20.8 Å². The number of pyridine rings is 1. The van der Waals surface area contributed by atoms with Crippen LogP contribution < -0.4 is 0 Å². The largest absolute Gasteiger partial charge is 0.478 e. The molecule has 1 N–H and O–H groups in total. The molecule has 7 heteroatoms. The van der Waals surface area contributed by atoms with Gasteiger partial charge in [0.05, 0.1) is 23.0 Å². The van der Waals surface area contributed by atoms with E-state index in [1.165, 1.54) is 6.20 Å². The summed E-state index contributed by atoms with van der Waals surface area (Å²) in [5.41, 5.74) is 1.68. The van der Waals surface area contributed by atoms with Gasteiger partial charge in [-0.3, -0.25) is 9.78 Å². The molecule has 1 fully saturated rings. The number of carbonyl (C=O) groups is 2. The number of likely N-dealkylation sites (tertiary alicyclic amines) is 1. The molecule has 0 radical (unpaired) electrons. The molecule has 148 valence electrons. The molecule has 3 heterocycles. The van der Waals surface area contributed by atoms with E-state index in [9.17, 15) is 14.7 Å². The van der Waals surface area contributed by atoms with Gasteiger partial charge in [-0.05, 0) is 38.3 Å². The summed E-state index contributed by atoms with van der Waals surface area (Å²) in [7, 11) is 0. The molecule has 0 saturated carbocycles. The minimum Gasteiger partial charge on any atom is -0.478 e. The third-order valence-electron chi connectivity index (χ3n) is 4.89. The Labute approximate surface area is 164 Å². The summed E-state index contributed by atoms with van der Waals surface area (Å²) in [5.74, 6) is -0.332. The number of hydrogen-bond donors (Lipinski definition) is 1. The molecule has 2 aromatic heterocycles. The molecule has 0 aliphatic carbocycles. The van der Waals surface area contributed by atoms with Gasteiger partial charge in [0.1, 0.15) is 5.82 Å². The van der Waals surface area contributed by atoms with Gasteiger partial charge in [-0.2, -0.15) is 0 Å². The minimum atomic E-state index is -1.03. The van der Waals surface area contributed by atoms with Gasteiger partial charge in [0.15, 0.2) is 0 Å². The van der Waals surface area contributed by atoms with E-state index in [1.807, 2.05) is 31.7 Å². The highest BCUT2D eigenvalue weighted by Crippen LogP contribution is 2.34. The second-order valence-electron chi connectivity index (χ2n) is 8.25. The zero-order valence-electron chi connectivity index (χ0n) is 16.8. The van der Waals surface area contributed by atoms with Crippen molar-refractivity contribution in [1.82, 2.24) is 19.9 Å². The summed E-state index contributed by atoms with van der Waals surface area (Å²) in [5, 5.41) is 9.22. The molecule has 1 amide bonds. The summed E-state index contributed by atoms with van der Waals surface area (Å²) < 4.78 is 0. The average molecular weight is 382 g/mol. The number of nitrogens with zero attached hydrogens (tertiary/aromatic N) is 4. The predicted molar refractivity (Wildman–Crippen MR) is 105 cm³/mol. The molecule has 1 aliphatic heterocycles. The van der Waals surface area contributed by atoms with Crippen LogP contribution in [0.25, 0.3) is 11.3 Å². The molecule has 1 aliphatic rings. The van der Waals surface area contributed by atoms with E-state index < -0.39 is 11.4 Å². The lowest BCUT2D eigenvalue weighted by Gasteiger charge is -2.39. The first kappa shape index (κ1) is 19.9. The fraction of sp³-hybridized carbons (Fsp3) is 0.476. The van der Waals surface area contributed by atoms with E-state index in [4.69, 9.17) is 0 Å². The highest BCUT2D eigenvalue weighted by Gasteiger charge is 2.35. The number of rotatable bonds is 3. The first-order chi connectivity index (χ1) is 13.2. The van der Waals surface area contributed by atoms with Crippen LogP contribution >= 0.6 is 0 Å². The summed E-state index contributed by atoms with van der Waals surface area (Å²) >= 11 is 0. The Bertz CT molecular complexity index is 905. The van der Waals surface area contributed by atoms with Crippen molar-refractivity contribution in [2.45, 2.75) is 53.0 Å². The first-order valence-electron chi connectivity index (χ1n) is 9.52. The third-order valence-corrected chi connectivity index (χ3v) is 4.89. The van der Waals surface area contributed by atoms with Crippen molar-refractivity contribution in [3.8, 4) is 11.3 Å². The van der Waals surface area contributed by atoms with Crippen molar-refractivity contribution in [3.63, 3.8) is 0 Å². The van der Waals surface area contributed by atoms with Gasteiger partial charge in [-0.25, -0.2) is 14.8 Å². The number of aromatic nitrogens is 3. The van der Waals surface area contributed by atoms with Gasteiger partial charge < -0.3 is 10.0 Å². The van der Waals surface area contributed by atoms with Gasteiger partial charge >= 0.3 is 5.97 Å². The molecule has 7 nitrogen and oxygen atoms in total. The van der Waals surface area contributed by atoms with Crippen molar-refractivity contribution in [1.29, 1.82) is 0 Å². The Balaban J connectivity index is 2.01. The molecule has 0 spiro atoms. The van der Waals surface area contributed by atoms with Gasteiger partial charge in [0.2, 0.25) is 5.91 Å². The maximum absolute atomic E-state index is 13.0. The number of aryl methyl sites for hydroxylation is 1. The molecule has 1 saturated heterocycles. The molecule has 1 atom stereocenters. The fourth-order valence-corrected chi connectivity index (χ4v) is 3.52. The lowest BCUT2D eigenvalue weighted by Crippen LogP contribution is -2.44. The van der Waals surface area contributed by atoms with Gasteiger partial charge in [0, 0.05) is 29.9 Å². The summed E-state index contributed by atoms with van der Waals surface area (Å²) in [6, 6.07) is 3.31. The monoisotopic (exact) mass is 382 g/mol. The van der Waals surface area contributed by atoms with Crippen LogP contribution in [-0.4, -0.2) is 43.4 Å². The van der Waals surface area contributed by atoms with Crippen molar-refractivity contribution in [2.75, 3.05) is 6.54 Å². The fourth-order valence-electron chi connectivity index (χ4n) is 3.52. The highest BCUT2D eigenvalue weighted by molar-refractivity contribution is 5.88. The van der Waals surface area contributed by atoms with Crippen LogP contribution in [0.15, 0.2) is 24.5 Å². The van der Waals surface area contributed by atoms with E-state index in [-0.39, 0.29) is 17.5 Å². The Morgan fingerprint density at radius 2 is 1.89 bits per heavy atom. The second-order valence-corrected chi connectivity index (χ2v) is 8.25. The van der Waals surface area contributed by atoms with E-state index in [0.29, 0.717) is 17.1 Å². The van der Waals surface area contributed by atoms with Crippen LogP contribution in [0.2, 0.25) is 0 Å². The lowest BCUT2D eigenvalue weighted by atomic mass is 9.90. The van der Waals surface area contributed by atoms with Crippen LogP contribution in [0.1, 0.15) is 68.0 Å². The lowest BCUT2D eigenvalue weighted by molar-refractivity contribution is -0.143. The Morgan fingerprint density at radius 1 is 1.14 bits per heavy atom. The quantitative estimate of drug-likeness (QED) is 0.870. The second kappa shape index (κ2) is 7.66. The van der Waals surface area contributed by atoms with Crippen LogP contribution in [0.3, 0.4) is 0 Å². The van der Waals surface area contributed by atoms with E-state index >= 15 is 0 Å². The Kier molecular flexibility index (Phi) is 5.45. The third kappa shape index (κ3) is 4.18. The molecule has 2 aromatic rings. The van der Waals surface area contributed by atoms with E-state index in [1.54, 1.807) is 19.2 Å². The summed E-state index contributed by atoms with van der Waals surface area (Å²) in [6.07, 6.45) is 5.78. The Hall–Kier alpha value is -2.83. The average Bonchev–Trinajstić information content (AvgIpc) is 2.66. The Morgan fingerprint density at radius 3 is 2.57 bits per heavy atom. The molecular weight excluding hydrogens is 356 g/mol. The maximum Gasteiger partial charge on any atom is 0.337 e. The number of aromatic carboxylic acids is 1. The van der Waals surface area contributed by atoms with Crippen molar-refractivity contribution in [2.24, 2.45) is 5.41 Å². The normalized spacial score (nSPS) is 17.4. The molecule has 0 bridgehead atoms. The smallest absolute Gasteiger partial charge is 0.337 e. The molecule has 0 aromatic carbocycles. The van der Waals surface area contributed by atoms with Gasteiger partial charge in [-0.15, -0.1) is 0 Å². The maximum atomic E-state index is 13.0. The topological polar surface area (TPSA) is 96.3 Å². The number of amides is 1. The zero-order valence-corrected chi connectivity index (χ0v) is 16.8. The van der Waals surface area contributed by atoms with Crippen molar-refractivity contribution >= 4 is 11.9 Å². The number of piperidine rings is 1. The molecule has 0 unspecified atom stereocenters. The predicted octanol–water partition coefficient (Wildman–Crippen LogP) is 3.64. The number of hydrogen-bond acceptors (Lipinski definition) is 5. The van der Waals surface area contributed by atoms with Crippen molar-refractivity contribution < 1.29 is 14.7 Å². The number of carbonyl (C=O) groups excluding carboxylic acids is 1. The zero-order chi connectivity index (χ0) is 20.5. The minimum absolute atomic E-state index is 0.100.